The molecule has 5 rings (SSSR count). The molecule has 1 aromatic carbocycles. The number of amides is 1. The number of ether oxygens (including phenoxy) is 2. The molecule has 14 nitrogen and oxygen atoms in total. The highest BCUT2D eigenvalue weighted by Gasteiger charge is 2.66. The zero-order chi connectivity index (χ0) is 30.7. The number of rotatable bonds is 7. The number of ketones is 4. The van der Waals surface area contributed by atoms with Gasteiger partial charge >= 0.3 is 5.97 Å². The summed E-state index contributed by atoms with van der Waals surface area (Å²) in [5.41, 5.74) is 3.90. The molecule has 14 heteroatoms. The van der Waals surface area contributed by atoms with Crippen LogP contribution in [0, 0.1) is 23.7 Å². The van der Waals surface area contributed by atoms with E-state index in [-0.39, 0.29) is 48.6 Å². The number of carbonyl (C=O) groups is 6. The number of carbonyl (C=O) groups excluding carboxylic acids is 6. The first-order valence-corrected chi connectivity index (χ1v) is 13.6. The summed E-state index contributed by atoms with van der Waals surface area (Å²) in [6, 6.07) is 1.69. The Labute approximate surface area is 240 Å². The van der Waals surface area contributed by atoms with Crippen molar-refractivity contribution in [1.29, 1.82) is 0 Å². The molecule has 4 aliphatic rings. The lowest BCUT2D eigenvalue weighted by atomic mass is 9.53. The van der Waals surface area contributed by atoms with Crippen molar-refractivity contribution in [2.24, 2.45) is 29.4 Å². The van der Waals surface area contributed by atoms with Gasteiger partial charge in [0.2, 0.25) is 12.3 Å². The molecule has 1 amide bonds. The number of nitrogens with one attached hydrogen (secondary N) is 2. The number of primary amides is 1. The Kier molecular flexibility index (Phi) is 7.31. The molecule has 0 bridgehead atoms. The number of anilines is 1. The molecule has 6 N–H and O–H groups in total. The van der Waals surface area contributed by atoms with Gasteiger partial charge in [0.05, 0.1) is 18.1 Å². The quantitative estimate of drug-likeness (QED) is 0.188. The highest BCUT2D eigenvalue weighted by molar-refractivity contribution is 6.31. The van der Waals surface area contributed by atoms with Crippen molar-refractivity contribution < 1.29 is 48.5 Å². The second-order valence-electron chi connectivity index (χ2n) is 11.2. The van der Waals surface area contributed by atoms with Crippen molar-refractivity contribution in [2.45, 2.75) is 44.7 Å². The molecule has 1 aromatic rings. The molecule has 3 aliphatic carbocycles. The van der Waals surface area contributed by atoms with E-state index >= 15 is 0 Å². The van der Waals surface area contributed by atoms with Gasteiger partial charge in [0, 0.05) is 44.2 Å². The van der Waals surface area contributed by atoms with Gasteiger partial charge in [0.1, 0.15) is 12.0 Å². The van der Waals surface area contributed by atoms with Gasteiger partial charge in [-0.1, -0.05) is 0 Å². The number of phenols is 1. The summed E-state index contributed by atoms with van der Waals surface area (Å²) in [6.07, 6.45) is 0.144. The first-order chi connectivity index (χ1) is 19.8. The molecule has 0 aromatic heterocycles. The van der Waals surface area contributed by atoms with Crippen LogP contribution in [0.3, 0.4) is 0 Å². The number of hydrogen-bond acceptors (Lipinski definition) is 13. The molecule has 0 saturated heterocycles. The minimum Gasteiger partial charge on any atom is -0.507 e. The van der Waals surface area contributed by atoms with Crippen LogP contribution in [0.4, 0.5) is 5.69 Å². The van der Waals surface area contributed by atoms with E-state index in [1.54, 1.807) is 32.0 Å². The van der Waals surface area contributed by atoms with E-state index in [0.29, 0.717) is 11.3 Å². The Morgan fingerprint density at radius 1 is 1.21 bits per heavy atom. The second-order valence-corrected chi connectivity index (χ2v) is 11.2. The third-order valence-corrected chi connectivity index (χ3v) is 8.52. The van der Waals surface area contributed by atoms with Crippen molar-refractivity contribution in [3.8, 4) is 5.75 Å². The lowest BCUT2D eigenvalue weighted by Crippen LogP contribution is -2.68. The van der Waals surface area contributed by atoms with Crippen molar-refractivity contribution in [3.63, 3.8) is 0 Å². The molecule has 1 aliphatic heterocycles. The van der Waals surface area contributed by atoms with Gasteiger partial charge < -0.3 is 35.6 Å². The maximum absolute atomic E-state index is 14.0. The maximum Gasteiger partial charge on any atom is 0.357 e. The van der Waals surface area contributed by atoms with E-state index in [4.69, 9.17) is 15.2 Å². The van der Waals surface area contributed by atoms with Gasteiger partial charge in [-0.25, -0.2) is 4.79 Å². The highest BCUT2D eigenvalue weighted by atomic mass is 16.5. The van der Waals surface area contributed by atoms with E-state index in [9.17, 15) is 39.0 Å². The standard InChI is InChI=1S/C28H32N4O10/c1-4-41-26(39)15-10-42-27(31-15)30-9-12-7-16(32(2)3)14-6-11-5-13-8-17(33)20(25(29)38)24(37)28(13,40)23(36)18(11)22(35)19(14)21(12)34/h7,10-11,13,18,20,27,30-31,34,40H,4-6,8-9H2,1-3H3,(H2,29,38)/t11-,13+,18?,20?,27?,28+/m1/s1. The van der Waals surface area contributed by atoms with E-state index < -0.39 is 77.1 Å². The third kappa shape index (κ3) is 4.41. The summed E-state index contributed by atoms with van der Waals surface area (Å²) in [7, 11) is 3.51. The minimum atomic E-state index is -2.71. The first kappa shape index (κ1) is 29.2. The van der Waals surface area contributed by atoms with Gasteiger partial charge in [0.15, 0.2) is 40.3 Å². The molecule has 224 valence electrons. The number of esters is 1. The summed E-state index contributed by atoms with van der Waals surface area (Å²) in [5, 5.41) is 28.5. The fourth-order valence-electron chi connectivity index (χ4n) is 6.57. The van der Waals surface area contributed by atoms with Gasteiger partial charge in [-0.2, -0.15) is 0 Å². The van der Waals surface area contributed by atoms with Crippen molar-refractivity contribution in [3.05, 3.63) is 34.7 Å². The summed E-state index contributed by atoms with van der Waals surface area (Å²) in [5.74, 6) is -11.3. The molecule has 2 saturated carbocycles. The lowest BCUT2D eigenvalue weighted by Gasteiger charge is -2.48. The van der Waals surface area contributed by atoms with Crippen LogP contribution in [-0.4, -0.2) is 77.9 Å². The Morgan fingerprint density at radius 2 is 1.93 bits per heavy atom. The number of fused-ring (bicyclic) bond motifs is 3. The zero-order valence-corrected chi connectivity index (χ0v) is 23.3. The molecule has 42 heavy (non-hydrogen) atoms. The molecular weight excluding hydrogens is 552 g/mol. The van der Waals surface area contributed by atoms with E-state index in [1.807, 2.05) is 0 Å². The van der Waals surface area contributed by atoms with Gasteiger partial charge in [-0.15, -0.1) is 0 Å². The zero-order valence-electron chi connectivity index (χ0n) is 23.3. The fraction of sp³-hybridized carbons (Fsp3) is 0.500. The van der Waals surface area contributed by atoms with Gasteiger partial charge in [0.25, 0.3) is 0 Å². The van der Waals surface area contributed by atoms with E-state index in [2.05, 4.69) is 10.6 Å². The number of aliphatic hydroxyl groups is 1. The predicted molar refractivity (Wildman–Crippen MR) is 142 cm³/mol. The number of aromatic hydroxyl groups is 1. The third-order valence-electron chi connectivity index (χ3n) is 8.52. The largest absolute Gasteiger partial charge is 0.507 e. The van der Waals surface area contributed by atoms with Crippen molar-refractivity contribution in [2.75, 3.05) is 25.6 Å². The Hall–Kier alpha value is -4.30. The van der Waals surface area contributed by atoms with E-state index in [1.165, 1.54) is 6.26 Å². The number of benzene rings is 1. The fourth-order valence-corrected chi connectivity index (χ4v) is 6.57. The summed E-state index contributed by atoms with van der Waals surface area (Å²) in [4.78, 5) is 78.9. The van der Waals surface area contributed by atoms with Crippen LogP contribution in [0.1, 0.15) is 41.3 Å². The Bertz CT molecular complexity index is 1450. The van der Waals surface area contributed by atoms with Gasteiger partial charge in [-0.3, -0.25) is 29.3 Å². The normalized spacial score (nSPS) is 29.9. The summed E-state index contributed by atoms with van der Waals surface area (Å²) in [6.45, 7) is 1.82. The van der Waals surface area contributed by atoms with Crippen LogP contribution in [-0.2, 0) is 46.4 Å². The molecule has 3 unspecified atom stereocenters. The molecule has 1 heterocycles. The first-order valence-electron chi connectivity index (χ1n) is 13.6. The maximum atomic E-state index is 14.0. The average Bonchev–Trinajstić information content (AvgIpc) is 3.39. The number of phenolic OH excluding ortho intramolecular Hbond substituents is 1. The highest BCUT2D eigenvalue weighted by Crippen LogP contribution is 2.51. The molecular formula is C28H32N4O10. The number of nitrogens with two attached hydrogens (primary N) is 1. The van der Waals surface area contributed by atoms with Crippen LogP contribution >= 0.6 is 0 Å². The molecule has 6 atom stereocenters. The number of nitrogens with zero attached hydrogens (tertiary/aromatic N) is 1. The number of hydrogen-bond donors (Lipinski definition) is 5. The lowest BCUT2D eigenvalue weighted by molar-refractivity contribution is -0.175. The second kappa shape index (κ2) is 10.5. The smallest absolute Gasteiger partial charge is 0.357 e. The van der Waals surface area contributed by atoms with Crippen molar-refractivity contribution in [1.82, 2.24) is 10.6 Å². The molecule has 2 fully saturated rings. The average molecular weight is 585 g/mol. The van der Waals surface area contributed by atoms with Crippen LogP contribution in [0.15, 0.2) is 18.0 Å². The van der Waals surface area contributed by atoms with Crippen LogP contribution < -0.4 is 21.3 Å². The SMILES string of the molecule is CCOC(=O)C1=COC(NCc2cc(N(C)C)c3c(c2O)C(=O)C2C(=O)[C@]4(O)C(=O)C(C(N)=O)C(=O)C[C@@H]4C[C@@H]2C3)N1. The Morgan fingerprint density at radius 3 is 2.57 bits per heavy atom. The number of Topliss-reactive ketones (excluding diaryl/α,β-unsaturated/α-hetero) is 4. The van der Waals surface area contributed by atoms with Gasteiger partial charge in [-0.05, 0) is 37.3 Å². The predicted octanol–water partition coefficient (Wildman–Crippen LogP) is -1.21. The Balaban J connectivity index is 1.45. The van der Waals surface area contributed by atoms with Crippen LogP contribution in [0.25, 0.3) is 0 Å². The minimum absolute atomic E-state index is 0.0124. The topological polar surface area (TPSA) is 215 Å². The summed E-state index contributed by atoms with van der Waals surface area (Å²) < 4.78 is 10.3. The van der Waals surface area contributed by atoms with Crippen molar-refractivity contribution >= 4 is 40.7 Å². The molecule has 0 radical (unpaired) electrons. The molecule has 0 spiro atoms. The monoisotopic (exact) mass is 584 g/mol. The summed E-state index contributed by atoms with van der Waals surface area (Å²) >= 11 is 0. The van der Waals surface area contributed by atoms with Crippen LogP contribution in [0.2, 0.25) is 0 Å². The van der Waals surface area contributed by atoms with E-state index in [0.717, 1.165) is 0 Å². The van der Waals surface area contributed by atoms with Crippen LogP contribution in [0.5, 0.6) is 5.75 Å².